The molecule has 2 heterocycles. The number of thiophene rings is 1. The minimum Gasteiger partial charge on any atom is -0.310 e. The second kappa shape index (κ2) is 14.1. The van der Waals surface area contributed by atoms with Crippen molar-refractivity contribution in [1.29, 1.82) is 0 Å². The number of para-hydroxylation sites is 2. The number of fused-ring (bicyclic) bond motifs is 6. The molecule has 11 aromatic rings. The van der Waals surface area contributed by atoms with Gasteiger partial charge in [0.05, 0.1) is 16.4 Å². The second-order valence-corrected chi connectivity index (χ2v) is 16.0. The highest BCUT2D eigenvalue weighted by Gasteiger charge is 2.38. The van der Waals surface area contributed by atoms with Crippen LogP contribution in [0, 0.1) is 0 Å². The Bertz CT molecular complexity index is 3110. The van der Waals surface area contributed by atoms with Gasteiger partial charge in [0, 0.05) is 53.7 Å². The molecular weight excluding hydrogens is 721 g/mol. The minimum absolute atomic E-state index is 0.526. The van der Waals surface area contributed by atoms with E-state index in [4.69, 9.17) is 0 Å². The highest BCUT2D eigenvalue weighted by Crippen LogP contribution is 2.47. The number of anilines is 3. The molecule has 0 aliphatic carbocycles. The van der Waals surface area contributed by atoms with Crippen LogP contribution in [0.3, 0.4) is 0 Å². The molecule has 0 bridgehead atoms. The molecule has 9 aromatic carbocycles. The summed E-state index contributed by atoms with van der Waals surface area (Å²) < 4.78 is 4.96. The van der Waals surface area contributed by atoms with Crippen LogP contribution < -0.4 is 4.90 Å². The Morgan fingerprint density at radius 2 is 0.793 bits per heavy atom. The molecule has 11 rings (SSSR count). The normalized spacial score (nSPS) is 11.8. The van der Waals surface area contributed by atoms with Gasteiger partial charge in [-0.15, -0.1) is 11.3 Å². The quantitative estimate of drug-likeness (QED) is 0.140. The van der Waals surface area contributed by atoms with Gasteiger partial charge in [0.15, 0.2) is 0 Å². The molecule has 2 nitrogen and oxygen atoms in total. The molecule has 0 atom stereocenters. The van der Waals surface area contributed by atoms with Gasteiger partial charge in [0.1, 0.15) is 0 Å². The zero-order valence-corrected chi connectivity index (χ0v) is 32.6. The average molecular weight is 759 g/mol. The van der Waals surface area contributed by atoms with Gasteiger partial charge >= 0.3 is 0 Å². The summed E-state index contributed by atoms with van der Waals surface area (Å²) in [5.41, 5.74) is 11.2. The summed E-state index contributed by atoms with van der Waals surface area (Å²) in [5.74, 6) is 0. The van der Waals surface area contributed by atoms with E-state index < -0.39 is 5.41 Å². The van der Waals surface area contributed by atoms with Crippen LogP contribution in [-0.2, 0) is 5.41 Å². The Hall–Kier alpha value is -7.20. The van der Waals surface area contributed by atoms with Crippen LogP contribution in [0.25, 0.3) is 47.7 Å². The number of nitrogens with zero attached hydrogens (tertiary/aromatic N) is 2. The van der Waals surface area contributed by atoms with Crippen molar-refractivity contribution in [3.8, 4) is 5.69 Å². The van der Waals surface area contributed by atoms with Crippen molar-refractivity contribution in [3.05, 3.63) is 253 Å². The third kappa shape index (κ3) is 5.47. The third-order valence-corrected chi connectivity index (χ3v) is 12.9. The van der Waals surface area contributed by atoms with E-state index in [0.29, 0.717) is 0 Å². The maximum Gasteiger partial charge on any atom is 0.0701 e. The van der Waals surface area contributed by atoms with Gasteiger partial charge in [0.25, 0.3) is 0 Å². The number of hydrogen-bond donors (Lipinski definition) is 0. The maximum atomic E-state index is 2.43. The lowest BCUT2D eigenvalue weighted by Crippen LogP contribution is -2.31. The molecular formula is C55H38N2S. The highest BCUT2D eigenvalue weighted by atomic mass is 32.1. The summed E-state index contributed by atoms with van der Waals surface area (Å²) >= 11 is 1.86. The first-order valence-corrected chi connectivity index (χ1v) is 20.7. The van der Waals surface area contributed by atoms with E-state index in [1.54, 1.807) is 0 Å². The minimum atomic E-state index is -0.526. The van der Waals surface area contributed by atoms with Gasteiger partial charge < -0.3 is 9.47 Å². The standard InChI is InChI=1S/C55H38N2S/c1-5-17-39(18-6-1)55(40-19-7-2-8-20-40,41-21-9-3-10-22-41)42-29-31-44(32-30-42)56(46-33-35-49-48-26-14-16-28-53(48)58-54(49)38-46)45-34-36-52-50(37-45)47-25-13-15-27-51(47)57(52)43-23-11-4-12-24-43/h1-38H. The van der Waals surface area contributed by atoms with Crippen molar-refractivity contribution in [2.24, 2.45) is 0 Å². The predicted molar refractivity (Wildman–Crippen MR) is 247 cm³/mol. The van der Waals surface area contributed by atoms with Gasteiger partial charge in [-0.25, -0.2) is 0 Å². The number of rotatable bonds is 8. The smallest absolute Gasteiger partial charge is 0.0701 e. The van der Waals surface area contributed by atoms with Crippen molar-refractivity contribution < 1.29 is 0 Å². The first kappa shape index (κ1) is 34.1. The molecule has 3 heteroatoms. The number of aromatic nitrogens is 1. The van der Waals surface area contributed by atoms with Crippen LogP contribution in [0.2, 0.25) is 0 Å². The zero-order chi connectivity index (χ0) is 38.5. The molecule has 0 N–H and O–H groups in total. The van der Waals surface area contributed by atoms with Crippen molar-refractivity contribution in [1.82, 2.24) is 4.57 Å². The monoisotopic (exact) mass is 758 g/mol. The van der Waals surface area contributed by atoms with Gasteiger partial charge in [-0.05, 0) is 89.0 Å². The summed E-state index contributed by atoms with van der Waals surface area (Å²) in [6, 6.07) is 84.2. The van der Waals surface area contributed by atoms with E-state index >= 15 is 0 Å². The van der Waals surface area contributed by atoms with E-state index in [1.165, 1.54) is 64.2 Å². The van der Waals surface area contributed by atoms with Crippen LogP contribution in [0.15, 0.2) is 231 Å². The molecule has 274 valence electrons. The lowest BCUT2D eigenvalue weighted by atomic mass is 9.65. The van der Waals surface area contributed by atoms with Gasteiger partial charge in [0.2, 0.25) is 0 Å². The second-order valence-electron chi connectivity index (χ2n) is 14.9. The lowest BCUT2D eigenvalue weighted by molar-refractivity contribution is 0.745. The third-order valence-electron chi connectivity index (χ3n) is 11.7. The molecule has 0 saturated carbocycles. The van der Waals surface area contributed by atoms with E-state index in [0.717, 1.165) is 22.7 Å². The van der Waals surface area contributed by atoms with Crippen LogP contribution in [0.5, 0.6) is 0 Å². The topological polar surface area (TPSA) is 8.17 Å². The molecule has 0 unspecified atom stereocenters. The molecule has 2 aromatic heterocycles. The zero-order valence-electron chi connectivity index (χ0n) is 31.7. The van der Waals surface area contributed by atoms with E-state index in [-0.39, 0.29) is 0 Å². The first-order valence-electron chi connectivity index (χ1n) is 19.8. The summed E-state index contributed by atoms with van der Waals surface area (Å²) in [7, 11) is 0. The van der Waals surface area contributed by atoms with Gasteiger partial charge in [-0.2, -0.15) is 0 Å². The van der Waals surface area contributed by atoms with Crippen LogP contribution in [-0.4, -0.2) is 4.57 Å². The molecule has 0 saturated heterocycles. The molecule has 0 radical (unpaired) electrons. The average Bonchev–Trinajstić information content (AvgIpc) is 3.84. The maximum absolute atomic E-state index is 2.43. The fourth-order valence-corrected chi connectivity index (χ4v) is 10.3. The van der Waals surface area contributed by atoms with Crippen LogP contribution in [0.1, 0.15) is 22.3 Å². The van der Waals surface area contributed by atoms with Crippen molar-refractivity contribution in [3.63, 3.8) is 0 Å². The molecule has 0 spiro atoms. The van der Waals surface area contributed by atoms with Crippen molar-refractivity contribution in [2.75, 3.05) is 4.90 Å². The molecule has 0 amide bonds. The Morgan fingerprint density at radius 3 is 1.45 bits per heavy atom. The van der Waals surface area contributed by atoms with Crippen LogP contribution in [0.4, 0.5) is 17.1 Å². The number of benzene rings is 9. The molecule has 0 aliphatic rings. The fourth-order valence-electron chi connectivity index (χ4n) is 9.18. The Kier molecular flexibility index (Phi) is 8.27. The predicted octanol–water partition coefficient (Wildman–Crippen LogP) is 15.0. The number of hydrogen-bond acceptors (Lipinski definition) is 2. The van der Waals surface area contributed by atoms with Gasteiger partial charge in [-0.1, -0.05) is 164 Å². The summed E-state index contributed by atoms with van der Waals surface area (Å²) in [6.07, 6.45) is 0. The van der Waals surface area contributed by atoms with Crippen molar-refractivity contribution in [2.45, 2.75) is 5.41 Å². The van der Waals surface area contributed by atoms with E-state index in [9.17, 15) is 0 Å². The SMILES string of the molecule is c1ccc(-n2c3ccccc3c3cc(N(c4ccc(C(c5ccccc5)(c5ccccc5)c5ccccc5)cc4)c4ccc5c(c4)sc4ccccc45)ccc32)cc1. The fraction of sp³-hybridized carbons (Fsp3) is 0.0182. The largest absolute Gasteiger partial charge is 0.310 e. The molecule has 0 fully saturated rings. The Labute approximate surface area is 342 Å². The Balaban J connectivity index is 1.13. The Morgan fingerprint density at radius 1 is 0.328 bits per heavy atom. The summed E-state index contributed by atoms with van der Waals surface area (Å²) in [5, 5.41) is 5.05. The lowest BCUT2D eigenvalue weighted by Gasteiger charge is -2.37. The van der Waals surface area contributed by atoms with E-state index in [2.05, 4.69) is 240 Å². The summed E-state index contributed by atoms with van der Waals surface area (Å²) in [6.45, 7) is 0. The molecule has 0 aliphatic heterocycles. The van der Waals surface area contributed by atoms with E-state index in [1.807, 2.05) is 11.3 Å². The first-order chi connectivity index (χ1) is 28.8. The van der Waals surface area contributed by atoms with Gasteiger partial charge in [-0.3, -0.25) is 0 Å². The summed E-state index contributed by atoms with van der Waals surface area (Å²) in [4.78, 5) is 2.43. The highest BCUT2D eigenvalue weighted by molar-refractivity contribution is 7.25. The van der Waals surface area contributed by atoms with Crippen molar-refractivity contribution >= 4 is 70.4 Å². The van der Waals surface area contributed by atoms with Crippen LogP contribution >= 0.6 is 11.3 Å². The molecule has 58 heavy (non-hydrogen) atoms.